The summed E-state index contributed by atoms with van der Waals surface area (Å²) in [5.74, 6) is -0.240. The minimum Gasteiger partial charge on any atom is -0.424 e. The number of esters is 1. The number of carbonyl (C=O) groups excluding carboxylic acids is 1. The quantitative estimate of drug-likeness (QED) is 0.186. The van der Waals surface area contributed by atoms with Gasteiger partial charge in [0.1, 0.15) is 11.8 Å². The zero-order chi connectivity index (χ0) is 24.3. The van der Waals surface area contributed by atoms with E-state index >= 15 is 0 Å². The van der Waals surface area contributed by atoms with E-state index in [1.165, 1.54) is 12.1 Å². The van der Waals surface area contributed by atoms with Crippen molar-refractivity contribution in [2.24, 2.45) is 0 Å². The maximum atomic E-state index is 13.7. The average Bonchev–Trinajstić information content (AvgIpc) is 3.14. The molecule has 3 aromatic carbocycles. The smallest absolute Gasteiger partial charge is 0.328 e. The molecular weight excluding hydrogens is 493 g/mol. The number of hydrogen-bond acceptors (Lipinski definition) is 4. The number of hydrogen-bond donors (Lipinski definition) is 0. The normalized spacial score (nSPS) is 18.6. The Kier molecular flexibility index (Phi) is 7.86. The van der Waals surface area contributed by atoms with Crippen LogP contribution in [-0.4, -0.2) is 29.2 Å². The molecule has 0 aromatic heterocycles. The van der Waals surface area contributed by atoms with Gasteiger partial charge in [0, 0.05) is 6.07 Å². The number of aryl methyl sites for hydroxylation is 1. The van der Waals surface area contributed by atoms with Crippen molar-refractivity contribution in [3.63, 3.8) is 0 Å². The lowest BCUT2D eigenvalue weighted by molar-refractivity contribution is -0.149. The molecule has 1 saturated heterocycles. The zero-order valence-corrected chi connectivity index (χ0v) is 21.3. The Morgan fingerprint density at radius 2 is 1.62 bits per heavy atom. The molecule has 4 nitrogen and oxygen atoms in total. The number of halogens is 3. The van der Waals surface area contributed by atoms with Crippen LogP contribution in [0.15, 0.2) is 72.8 Å². The van der Waals surface area contributed by atoms with Crippen LogP contribution in [0.3, 0.4) is 0 Å². The predicted octanol–water partition coefficient (Wildman–Crippen LogP) is 7.36. The van der Waals surface area contributed by atoms with Gasteiger partial charge in [0.15, 0.2) is 5.75 Å². The van der Waals surface area contributed by atoms with Crippen molar-refractivity contribution in [1.82, 2.24) is 4.90 Å². The Balaban J connectivity index is 1.67. The summed E-state index contributed by atoms with van der Waals surface area (Å²) in [4.78, 5) is 15.8. The molecule has 0 aliphatic carbocycles. The molecule has 1 fully saturated rings. The average molecular weight is 519 g/mol. The van der Waals surface area contributed by atoms with Gasteiger partial charge in [-0.1, -0.05) is 95.5 Å². The van der Waals surface area contributed by atoms with Crippen LogP contribution in [0.1, 0.15) is 37.4 Å². The molecule has 0 spiro atoms. The maximum absolute atomic E-state index is 13.7. The van der Waals surface area contributed by atoms with E-state index in [-0.39, 0.29) is 21.8 Å². The molecule has 34 heavy (non-hydrogen) atoms. The molecule has 0 saturated carbocycles. The van der Waals surface area contributed by atoms with E-state index in [0.717, 1.165) is 11.1 Å². The summed E-state index contributed by atoms with van der Waals surface area (Å²) < 4.78 is 12.0. The van der Waals surface area contributed by atoms with Crippen LogP contribution < -0.4 is 4.74 Å². The standard InChI is InChI=1S/C27H26Cl3NO3/c1-27(2)31(24(17-33-27)19-11-7-4-8-12-19)23(14-13-18-9-5-3-6-10-18)26(32)34-25-16-21(29)20(28)15-22(25)30/h3-12,15-16,23-24H,13-14,17H2,1-2H3/t23-,24-/m1/s1. The Labute approximate surface area is 215 Å². The summed E-state index contributed by atoms with van der Waals surface area (Å²) in [5, 5.41) is 0.785. The molecule has 3 aromatic rings. The molecule has 1 heterocycles. The lowest BCUT2D eigenvalue weighted by atomic mass is 9.98. The molecule has 0 unspecified atom stereocenters. The van der Waals surface area contributed by atoms with E-state index in [1.54, 1.807) is 0 Å². The summed E-state index contributed by atoms with van der Waals surface area (Å²) in [6, 6.07) is 22.4. The van der Waals surface area contributed by atoms with Gasteiger partial charge in [-0.3, -0.25) is 4.90 Å². The van der Waals surface area contributed by atoms with Crippen LogP contribution in [0.4, 0.5) is 0 Å². The van der Waals surface area contributed by atoms with E-state index in [0.29, 0.717) is 24.5 Å². The minimum atomic E-state index is -0.678. The SMILES string of the molecule is CC1(C)OC[C@H](c2ccccc2)N1[C@H](CCc1ccccc1)C(=O)Oc1cc(Cl)c(Cl)cc1Cl. The van der Waals surface area contributed by atoms with Gasteiger partial charge in [0.25, 0.3) is 0 Å². The van der Waals surface area contributed by atoms with E-state index < -0.39 is 17.7 Å². The van der Waals surface area contributed by atoms with Crippen LogP contribution in [-0.2, 0) is 16.0 Å². The summed E-state index contributed by atoms with van der Waals surface area (Å²) in [6.07, 6.45) is 1.24. The highest BCUT2D eigenvalue weighted by molar-refractivity contribution is 6.43. The molecule has 0 bridgehead atoms. The lowest BCUT2D eigenvalue weighted by Gasteiger charge is -2.39. The number of nitrogens with zero attached hydrogens (tertiary/aromatic N) is 1. The molecular formula is C27H26Cl3NO3. The third kappa shape index (κ3) is 5.59. The van der Waals surface area contributed by atoms with E-state index in [9.17, 15) is 4.79 Å². The van der Waals surface area contributed by atoms with Crippen LogP contribution in [0.25, 0.3) is 0 Å². The van der Waals surface area contributed by atoms with Gasteiger partial charge in [-0.25, -0.2) is 4.79 Å². The highest BCUT2D eigenvalue weighted by atomic mass is 35.5. The highest BCUT2D eigenvalue weighted by Gasteiger charge is 2.48. The van der Waals surface area contributed by atoms with Crippen molar-refractivity contribution in [3.05, 3.63) is 99.0 Å². The molecule has 0 amide bonds. The third-order valence-corrected chi connectivity index (χ3v) is 7.10. The summed E-state index contributed by atoms with van der Waals surface area (Å²) in [7, 11) is 0. The monoisotopic (exact) mass is 517 g/mol. The van der Waals surface area contributed by atoms with Crippen LogP contribution in [0.2, 0.25) is 15.1 Å². The molecule has 7 heteroatoms. The van der Waals surface area contributed by atoms with Gasteiger partial charge in [0.05, 0.1) is 27.7 Å². The van der Waals surface area contributed by atoms with Crippen molar-refractivity contribution in [1.29, 1.82) is 0 Å². The summed E-state index contributed by atoms with van der Waals surface area (Å²) in [6.45, 7) is 4.43. The first-order chi connectivity index (χ1) is 16.3. The van der Waals surface area contributed by atoms with Crippen molar-refractivity contribution >= 4 is 40.8 Å². The van der Waals surface area contributed by atoms with Gasteiger partial charge in [-0.15, -0.1) is 0 Å². The van der Waals surface area contributed by atoms with E-state index in [1.807, 2.05) is 50.2 Å². The number of rotatable bonds is 7. The predicted molar refractivity (Wildman–Crippen MR) is 137 cm³/mol. The number of benzene rings is 3. The van der Waals surface area contributed by atoms with Gasteiger partial charge in [-0.05, 0) is 43.9 Å². The Morgan fingerprint density at radius 1 is 1.00 bits per heavy atom. The lowest BCUT2D eigenvalue weighted by Crippen LogP contribution is -2.52. The van der Waals surface area contributed by atoms with Gasteiger partial charge in [-0.2, -0.15) is 0 Å². The topological polar surface area (TPSA) is 38.8 Å². The second kappa shape index (κ2) is 10.7. The number of ether oxygens (including phenoxy) is 2. The maximum Gasteiger partial charge on any atom is 0.328 e. The fourth-order valence-corrected chi connectivity index (χ4v) is 4.99. The van der Waals surface area contributed by atoms with Crippen molar-refractivity contribution < 1.29 is 14.3 Å². The zero-order valence-electron chi connectivity index (χ0n) is 19.0. The third-order valence-electron chi connectivity index (χ3n) is 6.08. The molecule has 0 N–H and O–H groups in total. The molecule has 2 atom stereocenters. The minimum absolute atomic E-state index is 0.103. The first-order valence-electron chi connectivity index (χ1n) is 11.1. The van der Waals surface area contributed by atoms with Crippen molar-refractivity contribution in [2.75, 3.05) is 6.61 Å². The molecule has 1 aliphatic heterocycles. The first kappa shape index (κ1) is 25.0. The Morgan fingerprint density at radius 3 is 2.29 bits per heavy atom. The summed E-state index contributed by atoms with van der Waals surface area (Å²) >= 11 is 18.5. The fraction of sp³-hybridized carbons (Fsp3) is 0.296. The number of carbonyl (C=O) groups is 1. The molecule has 1 aliphatic rings. The molecule has 4 rings (SSSR count). The second-order valence-electron chi connectivity index (χ2n) is 8.75. The largest absolute Gasteiger partial charge is 0.424 e. The van der Waals surface area contributed by atoms with Crippen molar-refractivity contribution in [3.8, 4) is 5.75 Å². The van der Waals surface area contributed by atoms with Gasteiger partial charge < -0.3 is 9.47 Å². The second-order valence-corrected chi connectivity index (χ2v) is 9.97. The van der Waals surface area contributed by atoms with E-state index in [2.05, 4.69) is 29.2 Å². The van der Waals surface area contributed by atoms with Crippen LogP contribution >= 0.6 is 34.8 Å². The Hall–Kier alpha value is -2.08. The summed E-state index contributed by atoms with van der Waals surface area (Å²) in [5.41, 5.74) is 1.54. The Bertz CT molecular complexity index is 1140. The van der Waals surface area contributed by atoms with Gasteiger partial charge >= 0.3 is 5.97 Å². The fourth-order valence-electron chi connectivity index (χ4n) is 4.42. The van der Waals surface area contributed by atoms with Crippen LogP contribution in [0.5, 0.6) is 5.75 Å². The molecule has 178 valence electrons. The first-order valence-corrected chi connectivity index (χ1v) is 12.3. The van der Waals surface area contributed by atoms with Gasteiger partial charge in [0.2, 0.25) is 0 Å². The molecule has 0 radical (unpaired) electrons. The van der Waals surface area contributed by atoms with E-state index in [4.69, 9.17) is 44.3 Å². The highest BCUT2D eigenvalue weighted by Crippen LogP contribution is 2.41. The van der Waals surface area contributed by atoms with Crippen LogP contribution in [0, 0.1) is 0 Å². The van der Waals surface area contributed by atoms with Crippen molar-refractivity contribution in [2.45, 2.75) is 44.5 Å².